The molecule has 0 aromatic carbocycles. The summed E-state index contributed by atoms with van der Waals surface area (Å²) in [6, 6.07) is 6.57. The van der Waals surface area contributed by atoms with Crippen molar-refractivity contribution < 1.29 is 5.11 Å². The number of aromatic nitrogens is 5. The van der Waals surface area contributed by atoms with E-state index >= 15 is 0 Å². The van der Waals surface area contributed by atoms with E-state index in [0.29, 0.717) is 6.54 Å². The highest BCUT2D eigenvalue weighted by Gasteiger charge is 2.24. The minimum atomic E-state index is -0.331. The van der Waals surface area contributed by atoms with Crippen LogP contribution in [0.25, 0.3) is 27.8 Å². The Kier molecular flexibility index (Phi) is 6.36. The second-order valence-corrected chi connectivity index (χ2v) is 9.30. The molecular formula is C26H32N8O. The van der Waals surface area contributed by atoms with Gasteiger partial charge in [0.15, 0.2) is 0 Å². The van der Waals surface area contributed by atoms with Crippen molar-refractivity contribution in [1.82, 2.24) is 29.3 Å². The molecule has 5 rings (SSSR count). The number of hydrogen-bond acceptors (Lipinski definition) is 7. The molecular weight excluding hydrogens is 440 g/mol. The molecule has 1 saturated heterocycles. The van der Waals surface area contributed by atoms with E-state index in [-0.39, 0.29) is 12.1 Å². The van der Waals surface area contributed by atoms with Crippen LogP contribution >= 0.6 is 0 Å². The molecule has 4 aromatic heterocycles. The smallest absolute Gasteiger partial charge is 0.128 e. The van der Waals surface area contributed by atoms with Gasteiger partial charge in [-0.3, -0.25) is 14.6 Å². The number of aliphatic imine (C=N–C) groups is 1. The molecule has 0 spiro atoms. The Hall–Kier alpha value is -3.56. The zero-order valence-electron chi connectivity index (χ0n) is 20.5. The Morgan fingerprint density at radius 2 is 1.80 bits per heavy atom. The summed E-state index contributed by atoms with van der Waals surface area (Å²) in [6.07, 6.45) is 9.36. The number of rotatable bonds is 7. The molecule has 0 amide bonds. The molecule has 1 N–H and O–H groups in total. The summed E-state index contributed by atoms with van der Waals surface area (Å²) >= 11 is 0. The summed E-state index contributed by atoms with van der Waals surface area (Å²) in [5.41, 5.74) is 6.19. The van der Waals surface area contributed by atoms with Crippen LogP contribution in [-0.4, -0.2) is 79.4 Å². The standard InChI is InChI=1S/C26H32N8O/c1-18(19(2)35)32-7-9-33(10-8-32)25-6-5-20(13-28-25)24-11-21(23-15-29-31(4)16-23)17-34-26(24)22(12-27-3)14-30-34/h5-6,11,13-19,35H,3,7-10,12H2,1-2,4H3/t18-,19+/m1/s1. The molecule has 9 heteroatoms. The largest absolute Gasteiger partial charge is 0.392 e. The van der Waals surface area contributed by atoms with Gasteiger partial charge in [-0.25, -0.2) is 9.50 Å². The number of nitrogens with zero attached hydrogens (tertiary/aromatic N) is 8. The summed E-state index contributed by atoms with van der Waals surface area (Å²) in [4.78, 5) is 13.6. The van der Waals surface area contributed by atoms with E-state index in [1.54, 1.807) is 4.68 Å². The van der Waals surface area contributed by atoms with Gasteiger partial charge < -0.3 is 10.0 Å². The number of aliphatic hydroxyl groups excluding tert-OH is 1. The third kappa shape index (κ3) is 4.56. The molecule has 0 bridgehead atoms. The van der Waals surface area contributed by atoms with E-state index in [0.717, 1.165) is 65.3 Å². The van der Waals surface area contributed by atoms with E-state index in [1.165, 1.54) is 0 Å². The lowest BCUT2D eigenvalue weighted by atomic mass is 10.0. The highest BCUT2D eigenvalue weighted by molar-refractivity contribution is 5.86. The van der Waals surface area contributed by atoms with E-state index < -0.39 is 0 Å². The van der Waals surface area contributed by atoms with Gasteiger partial charge >= 0.3 is 0 Å². The Morgan fingerprint density at radius 1 is 1.00 bits per heavy atom. The third-order valence-electron chi connectivity index (χ3n) is 6.98. The van der Waals surface area contributed by atoms with Gasteiger partial charge in [0.2, 0.25) is 0 Å². The summed E-state index contributed by atoms with van der Waals surface area (Å²) in [6.45, 7) is 11.7. The summed E-state index contributed by atoms with van der Waals surface area (Å²) in [5.74, 6) is 0.971. The lowest BCUT2D eigenvalue weighted by Crippen LogP contribution is -2.52. The van der Waals surface area contributed by atoms with Crippen molar-refractivity contribution in [2.75, 3.05) is 31.1 Å². The first-order valence-electron chi connectivity index (χ1n) is 12.0. The first kappa shape index (κ1) is 23.2. The average Bonchev–Trinajstić information content (AvgIpc) is 3.50. The maximum absolute atomic E-state index is 9.91. The van der Waals surface area contributed by atoms with E-state index in [4.69, 9.17) is 4.98 Å². The SMILES string of the molecule is C=NCc1cnn2cc(-c3cnn(C)c3)cc(-c3ccc(N4CCN([C@H](C)[C@H](C)O)CC4)nc3)c12. The molecule has 0 radical (unpaired) electrons. The molecule has 4 aromatic rings. The Balaban J connectivity index is 1.46. The van der Waals surface area contributed by atoms with Crippen molar-refractivity contribution in [2.24, 2.45) is 12.0 Å². The lowest BCUT2D eigenvalue weighted by Gasteiger charge is -2.39. The monoisotopic (exact) mass is 472 g/mol. The predicted octanol–water partition coefficient (Wildman–Crippen LogP) is 2.89. The first-order chi connectivity index (χ1) is 16.9. The number of piperazine rings is 1. The fourth-order valence-electron chi connectivity index (χ4n) is 4.77. The van der Waals surface area contributed by atoms with Gasteiger partial charge in [-0.1, -0.05) is 0 Å². The molecule has 1 fully saturated rings. The number of aliphatic hydroxyl groups is 1. The van der Waals surface area contributed by atoms with E-state index in [1.807, 2.05) is 49.5 Å². The van der Waals surface area contributed by atoms with Gasteiger partial charge in [0.25, 0.3) is 0 Å². The van der Waals surface area contributed by atoms with Crippen molar-refractivity contribution in [3.05, 3.63) is 54.7 Å². The van der Waals surface area contributed by atoms with Crippen LogP contribution < -0.4 is 4.90 Å². The molecule has 1 aliphatic heterocycles. The summed E-state index contributed by atoms with van der Waals surface area (Å²) in [5, 5.41) is 18.8. The molecule has 9 nitrogen and oxygen atoms in total. The van der Waals surface area contributed by atoms with Crippen molar-refractivity contribution in [3.8, 4) is 22.3 Å². The van der Waals surface area contributed by atoms with Crippen molar-refractivity contribution in [2.45, 2.75) is 32.5 Å². The second-order valence-electron chi connectivity index (χ2n) is 9.30. The molecule has 35 heavy (non-hydrogen) atoms. The number of pyridine rings is 2. The Labute approximate surface area is 205 Å². The highest BCUT2D eigenvalue weighted by atomic mass is 16.3. The van der Waals surface area contributed by atoms with Gasteiger partial charge in [0, 0.05) is 85.7 Å². The van der Waals surface area contributed by atoms with E-state index in [9.17, 15) is 5.11 Å². The van der Waals surface area contributed by atoms with Gasteiger partial charge in [-0.15, -0.1) is 0 Å². The van der Waals surface area contributed by atoms with Crippen LogP contribution in [0.15, 0.2) is 54.2 Å². The molecule has 0 unspecified atom stereocenters. The second kappa shape index (κ2) is 9.59. The van der Waals surface area contributed by atoms with Crippen LogP contribution in [0.5, 0.6) is 0 Å². The number of anilines is 1. The number of aryl methyl sites for hydroxylation is 1. The maximum Gasteiger partial charge on any atom is 0.128 e. The van der Waals surface area contributed by atoms with Crippen molar-refractivity contribution >= 4 is 18.1 Å². The van der Waals surface area contributed by atoms with Crippen LogP contribution in [-0.2, 0) is 13.6 Å². The minimum absolute atomic E-state index is 0.164. The summed E-state index contributed by atoms with van der Waals surface area (Å²) in [7, 11) is 1.91. The minimum Gasteiger partial charge on any atom is -0.392 e. The number of fused-ring (bicyclic) bond motifs is 1. The molecule has 2 atom stereocenters. The maximum atomic E-state index is 9.91. The molecule has 5 heterocycles. The van der Waals surface area contributed by atoms with E-state index in [2.05, 4.69) is 56.8 Å². The highest BCUT2D eigenvalue weighted by Crippen LogP contribution is 2.32. The van der Waals surface area contributed by atoms with Gasteiger partial charge in [0.1, 0.15) is 5.82 Å². The fourth-order valence-corrected chi connectivity index (χ4v) is 4.77. The summed E-state index contributed by atoms with van der Waals surface area (Å²) < 4.78 is 3.71. The van der Waals surface area contributed by atoms with Gasteiger partial charge in [0.05, 0.1) is 30.6 Å². The fraction of sp³-hybridized carbons (Fsp3) is 0.385. The third-order valence-corrected chi connectivity index (χ3v) is 6.98. The van der Waals surface area contributed by atoms with Gasteiger partial charge in [-0.2, -0.15) is 10.2 Å². The van der Waals surface area contributed by atoms with Crippen molar-refractivity contribution in [3.63, 3.8) is 0 Å². The normalized spacial score (nSPS) is 16.5. The zero-order chi connectivity index (χ0) is 24.5. The molecule has 0 aliphatic carbocycles. The quantitative estimate of drug-likeness (QED) is 0.416. The molecule has 182 valence electrons. The lowest BCUT2D eigenvalue weighted by molar-refractivity contribution is 0.0671. The zero-order valence-corrected chi connectivity index (χ0v) is 20.5. The Bertz CT molecular complexity index is 1320. The van der Waals surface area contributed by atoms with Crippen LogP contribution in [0.2, 0.25) is 0 Å². The van der Waals surface area contributed by atoms with Crippen LogP contribution in [0, 0.1) is 0 Å². The molecule has 0 saturated carbocycles. The first-order valence-corrected chi connectivity index (χ1v) is 12.0. The van der Waals surface area contributed by atoms with Crippen LogP contribution in [0.3, 0.4) is 0 Å². The Morgan fingerprint density at radius 3 is 2.43 bits per heavy atom. The van der Waals surface area contributed by atoms with Crippen molar-refractivity contribution in [1.29, 1.82) is 0 Å². The average molecular weight is 473 g/mol. The van der Waals surface area contributed by atoms with Gasteiger partial charge in [-0.05, 0) is 38.8 Å². The molecule has 1 aliphatic rings. The predicted molar refractivity (Wildman–Crippen MR) is 139 cm³/mol. The van der Waals surface area contributed by atoms with Crippen LogP contribution in [0.4, 0.5) is 5.82 Å². The topological polar surface area (TPSA) is 87.1 Å². The van der Waals surface area contributed by atoms with Crippen LogP contribution in [0.1, 0.15) is 19.4 Å². The number of hydrogen-bond donors (Lipinski definition) is 1.